The lowest BCUT2D eigenvalue weighted by atomic mass is 9.94. The third-order valence-electron chi connectivity index (χ3n) is 5.71. The van der Waals surface area contributed by atoms with Gasteiger partial charge in [-0.05, 0) is 63.4 Å². The smallest absolute Gasteiger partial charge is 0.475 e. The summed E-state index contributed by atoms with van der Waals surface area (Å²) in [5, 5.41) is 7.69. The van der Waals surface area contributed by atoms with Gasteiger partial charge in [0.25, 0.3) is 5.91 Å². The zero-order valence-corrected chi connectivity index (χ0v) is 18.6. The predicted molar refractivity (Wildman–Crippen MR) is 111 cm³/mol. The largest absolute Gasteiger partial charge is 0.490 e. The molecular formula is C21H26ClF3N2O5. The first-order valence-corrected chi connectivity index (χ1v) is 10.5. The summed E-state index contributed by atoms with van der Waals surface area (Å²) in [5.74, 6) is -3.24. The van der Waals surface area contributed by atoms with Gasteiger partial charge in [-0.15, -0.1) is 0 Å². The van der Waals surface area contributed by atoms with Gasteiger partial charge in [-0.1, -0.05) is 17.7 Å². The van der Waals surface area contributed by atoms with Crippen LogP contribution in [0.25, 0.3) is 0 Å². The number of carboxylic acid groups (broad SMARTS) is 1. The molecule has 0 spiro atoms. The molecule has 1 aromatic carbocycles. The number of ether oxygens (including phenoxy) is 1. The van der Waals surface area contributed by atoms with Crippen molar-refractivity contribution < 1.29 is 37.4 Å². The van der Waals surface area contributed by atoms with Crippen molar-refractivity contribution in [2.75, 3.05) is 26.7 Å². The normalized spacial score (nSPS) is 21.5. The number of halogens is 4. The van der Waals surface area contributed by atoms with Gasteiger partial charge in [0.2, 0.25) is 0 Å². The molecule has 178 valence electrons. The molecular weight excluding hydrogens is 453 g/mol. The number of carbonyl (C=O) groups is 3. The lowest BCUT2D eigenvalue weighted by Crippen LogP contribution is -2.55. The molecule has 1 N–H and O–H groups in total. The Balaban J connectivity index is 0.000000451. The molecule has 2 aliphatic rings. The molecule has 1 aromatic rings. The Hall–Kier alpha value is -2.33. The molecule has 3 rings (SSSR count). The van der Waals surface area contributed by atoms with E-state index in [0.29, 0.717) is 29.6 Å². The number of rotatable bonds is 3. The topological polar surface area (TPSA) is 87.2 Å². The first-order chi connectivity index (χ1) is 15.0. The Morgan fingerprint density at radius 2 is 1.75 bits per heavy atom. The monoisotopic (exact) mass is 478 g/mol. The van der Waals surface area contributed by atoms with Gasteiger partial charge in [-0.3, -0.25) is 4.79 Å². The van der Waals surface area contributed by atoms with Crippen molar-refractivity contribution >= 4 is 29.4 Å². The summed E-state index contributed by atoms with van der Waals surface area (Å²) in [6.07, 6.45) is -1.13. The third-order valence-corrected chi connectivity index (χ3v) is 6.12. The Kier molecular flexibility index (Phi) is 8.91. The van der Waals surface area contributed by atoms with Crippen LogP contribution < -0.4 is 0 Å². The molecule has 32 heavy (non-hydrogen) atoms. The Morgan fingerprint density at radius 1 is 1.16 bits per heavy atom. The zero-order chi connectivity index (χ0) is 24.1. The summed E-state index contributed by atoms with van der Waals surface area (Å²) >= 11 is 6.16. The van der Waals surface area contributed by atoms with Crippen molar-refractivity contribution in [3.63, 3.8) is 0 Å². The van der Waals surface area contributed by atoms with E-state index in [1.165, 1.54) is 20.0 Å². The van der Waals surface area contributed by atoms with Crippen molar-refractivity contribution in [3.05, 3.63) is 34.3 Å². The lowest BCUT2D eigenvalue weighted by molar-refractivity contribution is -0.192. The predicted octanol–water partition coefficient (Wildman–Crippen LogP) is 3.52. The molecule has 2 heterocycles. The minimum atomic E-state index is -5.08. The highest BCUT2D eigenvalue weighted by Crippen LogP contribution is 2.28. The average Bonchev–Trinajstić information content (AvgIpc) is 3.29. The van der Waals surface area contributed by atoms with Crippen LogP contribution in [-0.4, -0.2) is 77.8 Å². The maximum Gasteiger partial charge on any atom is 0.490 e. The molecule has 0 saturated carbocycles. The van der Waals surface area contributed by atoms with Gasteiger partial charge in [0.05, 0.1) is 7.11 Å². The highest BCUT2D eigenvalue weighted by molar-refractivity contribution is 6.31. The molecule has 0 radical (unpaired) electrons. The SMILES string of the molecule is COC(=O)C1CC(N2CCCC2)CCN1C(=O)c1cccc(Cl)c1C.O=C(O)C(F)(F)F. The van der Waals surface area contributed by atoms with Crippen molar-refractivity contribution in [2.45, 2.75) is 50.9 Å². The summed E-state index contributed by atoms with van der Waals surface area (Å²) in [6.45, 7) is 4.56. The molecule has 0 aromatic heterocycles. The molecule has 7 nitrogen and oxygen atoms in total. The van der Waals surface area contributed by atoms with E-state index >= 15 is 0 Å². The van der Waals surface area contributed by atoms with Crippen molar-refractivity contribution in [2.24, 2.45) is 0 Å². The number of amides is 1. The molecule has 2 saturated heterocycles. The number of esters is 1. The van der Waals surface area contributed by atoms with Crippen molar-refractivity contribution in [3.8, 4) is 0 Å². The van der Waals surface area contributed by atoms with Crippen LogP contribution in [-0.2, 0) is 14.3 Å². The zero-order valence-electron chi connectivity index (χ0n) is 17.8. The van der Waals surface area contributed by atoms with E-state index in [9.17, 15) is 22.8 Å². The maximum atomic E-state index is 13.1. The number of methoxy groups -OCH3 is 1. The van der Waals surface area contributed by atoms with E-state index in [1.807, 2.05) is 6.92 Å². The number of alkyl halides is 3. The average molecular weight is 479 g/mol. The molecule has 2 atom stereocenters. The van der Waals surface area contributed by atoms with Gasteiger partial charge >= 0.3 is 18.1 Å². The highest BCUT2D eigenvalue weighted by atomic mass is 35.5. The number of hydrogen-bond donors (Lipinski definition) is 1. The number of aliphatic carboxylic acids is 1. The third kappa shape index (κ3) is 6.35. The minimum absolute atomic E-state index is 0.143. The van der Waals surface area contributed by atoms with Gasteiger partial charge in [0.15, 0.2) is 0 Å². The van der Waals surface area contributed by atoms with E-state index in [4.69, 9.17) is 26.2 Å². The van der Waals surface area contributed by atoms with Gasteiger partial charge in [0.1, 0.15) is 6.04 Å². The molecule has 2 fully saturated rings. The Bertz CT molecular complexity index is 843. The standard InChI is InChI=1S/C19H25ClN2O3.C2HF3O2/c1-13-15(6-5-7-16(13)20)18(23)22-11-8-14(21-9-3-4-10-21)12-17(22)19(24)25-2;3-2(4,5)1(6)7/h5-7,14,17H,3-4,8-12H2,1-2H3;(H,6,7). The molecule has 11 heteroatoms. The summed E-state index contributed by atoms with van der Waals surface area (Å²) in [4.78, 5) is 38.4. The number of hydrogen-bond acceptors (Lipinski definition) is 5. The first-order valence-electron chi connectivity index (χ1n) is 10.2. The summed E-state index contributed by atoms with van der Waals surface area (Å²) < 4.78 is 36.7. The second-order valence-corrected chi connectivity index (χ2v) is 8.08. The fourth-order valence-corrected chi connectivity index (χ4v) is 4.16. The number of carboxylic acids is 1. The quantitative estimate of drug-likeness (QED) is 0.669. The molecule has 1 amide bonds. The summed E-state index contributed by atoms with van der Waals surface area (Å²) in [5.41, 5.74) is 1.31. The van der Waals surface area contributed by atoms with Gasteiger partial charge < -0.3 is 19.6 Å². The van der Waals surface area contributed by atoms with Gasteiger partial charge in [-0.2, -0.15) is 13.2 Å². The van der Waals surface area contributed by atoms with Crippen molar-refractivity contribution in [1.29, 1.82) is 0 Å². The molecule has 0 bridgehead atoms. The number of likely N-dealkylation sites (tertiary alicyclic amines) is 2. The fourth-order valence-electron chi connectivity index (χ4n) is 3.98. The Labute approximate surface area is 189 Å². The molecule has 0 aliphatic carbocycles. The second kappa shape index (κ2) is 11.0. The van der Waals surface area contributed by atoms with E-state index in [2.05, 4.69) is 4.90 Å². The number of benzene rings is 1. The van der Waals surface area contributed by atoms with Crippen LogP contribution in [0.3, 0.4) is 0 Å². The number of piperidine rings is 1. The second-order valence-electron chi connectivity index (χ2n) is 7.67. The lowest BCUT2D eigenvalue weighted by Gasteiger charge is -2.41. The van der Waals surface area contributed by atoms with Crippen LogP contribution in [0.4, 0.5) is 13.2 Å². The molecule has 2 aliphatic heterocycles. The summed E-state index contributed by atoms with van der Waals surface area (Å²) in [7, 11) is 1.38. The van der Waals surface area contributed by atoms with E-state index in [1.54, 1.807) is 23.1 Å². The fraction of sp³-hybridized carbons (Fsp3) is 0.571. The van der Waals surface area contributed by atoms with Crippen LogP contribution in [0.2, 0.25) is 5.02 Å². The van der Waals surface area contributed by atoms with Crippen LogP contribution in [0.15, 0.2) is 18.2 Å². The van der Waals surface area contributed by atoms with Crippen LogP contribution in [0.5, 0.6) is 0 Å². The maximum absolute atomic E-state index is 13.1. The van der Waals surface area contributed by atoms with E-state index in [0.717, 1.165) is 25.1 Å². The van der Waals surface area contributed by atoms with E-state index in [-0.39, 0.29) is 11.9 Å². The first kappa shape index (κ1) is 25.9. The number of carbonyl (C=O) groups excluding carboxylic acids is 2. The molecule has 2 unspecified atom stereocenters. The van der Waals surface area contributed by atoms with Crippen LogP contribution in [0.1, 0.15) is 41.6 Å². The van der Waals surface area contributed by atoms with E-state index < -0.39 is 18.2 Å². The minimum Gasteiger partial charge on any atom is -0.475 e. The van der Waals surface area contributed by atoms with Crippen LogP contribution >= 0.6 is 11.6 Å². The number of nitrogens with zero attached hydrogens (tertiary/aromatic N) is 2. The van der Waals surface area contributed by atoms with Crippen LogP contribution in [0, 0.1) is 6.92 Å². The van der Waals surface area contributed by atoms with Gasteiger partial charge in [0, 0.05) is 23.2 Å². The Morgan fingerprint density at radius 3 is 2.28 bits per heavy atom. The summed E-state index contributed by atoms with van der Waals surface area (Å²) in [6, 6.07) is 5.12. The van der Waals surface area contributed by atoms with Gasteiger partial charge in [-0.25, -0.2) is 9.59 Å². The highest BCUT2D eigenvalue weighted by Gasteiger charge is 2.40. The van der Waals surface area contributed by atoms with Crippen molar-refractivity contribution in [1.82, 2.24) is 9.80 Å².